The van der Waals surface area contributed by atoms with Crippen molar-refractivity contribution < 1.29 is 14.3 Å². The highest BCUT2D eigenvalue weighted by molar-refractivity contribution is 7.07. The number of methoxy groups -OCH3 is 1. The zero-order valence-corrected chi connectivity index (χ0v) is 26.0. The second-order valence-corrected chi connectivity index (χ2v) is 11.9. The molecule has 0 amide bonds. The van der Waals surface area contributed by atoms with Gasteiger partial charge in [0.05, 0.1) is 46.4 Å². The second kappa shape index (κ2) is 11.9. The van der Waals surface area contributed by atoms with Crippen molar-refractivity contribution in [3.63, 3.8) is 0 Å². The van der Waals surface area contributed by atoms with Gasteiger partial charge in [0.15, 0.2) is 4.80 Å². The summed E-state index contributed by atoms with van der Waals surface area (Å²) in [6.07, 6.45) is 3.47. The Morgan fingerprint density at radius 1 is 0.977 bits per heavy atom. The van der Waals surface area contributed by atoms with Gasteiger partial charge in [-0.25, -0.2) is 14.5 Å². The van der Waals surface area contributed by atoms with Crippen LogP contribution in [-0.2, 0) is 9.53 Å². The van der Waals surface area contributed by atoms with E-state index in [1.807, 2.05) is 103 Å². The van der Waals surface area contributed by atoms with Crippen LogP contribution >= 0.6 is 11.3 Å². The van der Waals surface area contributed by atoms with E-state index < -0.39 is 12.0 Å². The van der Waals surface area contributed by atoms with Gasteiger partial charge in [0.2, 0.25) is 0 Å². The number of ether oxygens (including phenoxy) is 2. The van der Waals surface area contributed by atoms with Gasteiger partial charge in [0.25, 0.3) is 5.56 Å². The summed E-state index contributed by atoms with van der Waals surface area (Å²) in [4.78, 5) is 32.9. The number of allylic oxidation sites excluding steroid dienone is 1. The Morgan fingerprint density at radius 2 is 1.68 bits per heavy atom. The number of aryl methyl sites for hydroxylation is 1. The van der Waals surface area contributed by atoms with Crippen molar-refractivity contribution in [3.8, 4) is 22.7 Å². The van der Waals surface area contributed by atoms with Gasteiger partial charge in [-0.1, -0.05) is 71.5 Å². The number of benzene rings is 3. The van der Waals surface area contributed by atoms with Crippen molar-refractivity contribution in [1.29, 1.82) is 0 Å². The number of hydrogen-bond donors (Lipinski definition) is 0. The number of carbonyl (C=O) groups is 1. The van der Waals surface area contributed by atoms with Crippen molar-refractivity contribution in [3.05, 3.63) is 133 Å². The second-order valence-electron chi connectivity index (χ2n) is 10.9. The number of aromatic nitrogens is 3. The molecule has 0 radical (unpaired) electrons. The Balaban J connectivity index is 1.55. The number of para-hydroxylation sites is 1. The lowest BCUT2D eigenvalue weighted by Crippen LogP contribution is -2.40. The number of hydrogen-bond acceptors (Lipinski definition) is 7. The first-order chi connectivity index (χ1) is 21.2. The fourth-order valence-corrected chi connectivity index (χ4v) is 6.28. The summed E-state index contributed by atoms with van der Waals surface area (Å²) >= 11 is 1.29. The average molecular weight is 605 g/mol. The van der Waals surface area contributed by atoms with E-state index in [0.29, 0.717) is 26.4 Å². The minimum absolute atomic E-state index is 0.251. The Hall–Kier alpha value is -5.02. The first kappa shape index (κ1) is 29.1. The monoisotopic (exact) mass is 604 g/mol. The lowest BCUT2D eigenvalue weighted by Gasteiger charge is -2.25. The maximum atomic E-state index is 14.2. The van der Waals surface area contributed by atoms with Crippen molar-refractivity contribution in [2.75, 3.05) is 7.11 Å². The molecule has 3 heterocycles. The SMILES string of the molecule is COc1ccc([C@H]2C(C(=O)OC(C)C)=C(C)N=c3s/c(=C\c4cn(-c5ccccc5)nc4-c4ccc(C)cc4)c(=O)n32)cc1. The van der Waals surface area contributed by atoms with Gasteiger partial charge in [0, 0.05) is 17.3 Å². The van der Waals surface area contributed by atoms with Crippen LogP contribution in [0.25, 0.3) is 23.0 Å². The third kappa shape index (κ3) is 5.54. The van der Waals surface area contributed by atoms with Crippen molar-refractivity contribution in [2.24, 2.45) is 4.99 Å². The number of carbonyl (C=O) groups excluding carboxylic acids is 1. The van der Waals surface area contributed by atoms with E-state index in [1.54, 1.807) is 32.4 Å². The van der Waals surface area contributed by atoms with E-state index in [1.165, 1.54) is 11.3 Å². The molecule has 0 saturated heterocycles. The van der Waals surface area contributed by atoms with Gasteiger partial charge < -0.3 is 9.47 Å². The Morgan fingerprint density at radius 3 is 2.34 bits per heavy atom. The topological polar surface area (TPSA) is 87.7 Å². The third-order valence-electron chi connectivity index (χ3n) is 7.39. The van der Waals surface area contributed by atoms with Crippen molar-refractivity contribution in [2.45, 2.75) is 39.8 Å². The third-order valence-corrected chi connectivity index (χ3v) is 8.37. The molecule has 0 aliphatic carbocycles. The number of rotatable bonds is 7. The Labute approximate surface area is 258 Å². The zero-order valence-electron chi connectivity index (χ0n) is 25.1. The van der Waals surface area contributed by atoms with Gasteiger partial charge in [-0.05, 0) is 63.6 Å². The number of thiazole rings is 1. The molecule has 0 fully saturated rings. The maximum absolute atomic E-state index is 14.2. The van der Waals surface area contributed by atoms with Crippen LogP contribution in [-0.4, -0.2) is 33.5 Å². The first-order valence-corrected chi connectivity index (χ1v) is 15.1. The van der Waals surface area contributed by atoms with E-state index in [9.17, 15) is 9.59 Å². The predicted octanol–water partition coefficient (Wildman–Crippen LogP) is 5.36. The molecule has 5 aromatic rings. The van der Waals surface area contributed by atoms with Crippen LogP contribution in [0.15, 0.2) is 106 Å². The smallest absolute Gasteiger partial charge is 0.338 e. The summed E-state index contributed by atoms with van der Waals surface area (Å²) in [7, 11) is 1.60. The molecule has 0 unspecified atom stereocenters. The molecule has 9 heteroatoms. The number of fused-ring (bicyclic) bond motifs is 1. The van der Waals surface area contributed by atoms with Crippen molar-refractivity contribution >= 4 is 23.4 Å². The van der Waals surface area contributed by atoms with Crippen LogP contribution in [0, 0.1) is 6.92 Å². The standard InChI is InChI=1S/C35H32N4O4S/c1-21(2)43-34(41)30-23(4)36-35-39(32(30)25-15-17-28(42-5)18-16-25)33(40)29(44-35)19-26-20-38(27-9-7-6-8-10-27)37-31(26)24-13-11-22(3)12-14-24/h6-21,32H,1-5H3/b29-19-/t32-/m0/s1. The molecule has 3 aromatic carbocycles. The summed E-state index contributed by atoms with van der Waals surface area (Å²) in [5.41, 5.74) is 5.89. The number of esters is 1. The fourth-order valence-electron chi connectivity index (χ4n) is 5.24. The molecule has 0 N–H and O–H groups in total. The van der Waals surface area contributed by atoms with E-state index in [-0.39, 0.29) is 11.7 Å². The van der Waals surface area contributed by atoms with E-state index >= 15 is 0 Å². The lowest BCUT2D eigenvalue weighted by atomic mass is 9.96. The Bertz CT molecular complexity index is 2050. The first-order valence-electron chi connectivity index (χ1n) is 14.3. The highest BCUT2D eigenvalue weighted by atomic mass is 32.1. The lowest BCUT2D eigenvalue weighted by molar-refractivity contribution is -0.143. The van der Waals surface area contributed by atoms with Gasteiger partial charge in [-0.15, -0.1) is 0 Å². The molecule has 2 aromatic heterocycles. The molecule has 1 aliphatic rings. The minimum Gasteiger partial charge on any atom is -0.497 e. The predicted molar refractivity (Wildman–Crippen MR) is 172 cm³/mol. The van der Waals surface area contributed by atoms with E-state index in [0.717, 1.165) is 33.6 Å². The summed E-state index contributed by atoms with van der Waals surface area (Å²) < 4.78 is 14.9. The summed E-state index contributed by atoms with van der Waals surface area (Å²) in [6, 6.07) is 24.7. The Kier molecular flexibility index (Phi) is 7.88. The summed E-state index contributed by atoms with van der Waals surface area (Å²) in [6.45, 7) is 7.42. The highest BCUT2D eigenvalue weighted by Crippen LogP contribution is 2.32. The van der Waals surface area contributed by atoms with Crippen LogP contribution < -0.4 is 19.6 Å². The molecule has 8 nitrogen and oxygen atoms in total. The molecular weight excluding hydrogens is 572 g/mol. The van der Waals surface area contributed by atoms with Gasteiger partial charge in [-0.3, -0.25) is 9.36 Å². The molecule has 0 spiro atoms. The van der Waals surface area contributed by atoms with Gasteiger partial charge in [-0.2, -0.15) is 5.10 Å². The molecule has 0 bridgehead atoms. The highest BCUT2D eigenvalue weighted by Gasteiger charge is 2.34. The summed E-state index contributed by atoms with van der Waals surface area (Å²) in [5, 5.41) is 4.92. The molecule has 1 aliphatic heterocycles. The molecular formula is C35H32N4O4S. The molecule has 0 saturated carbocycles. The van der Waals surface area contributed by atoms with E-state index in [4.69, 9.17) is 19.6 Å². The average Bonchev–Trinajstić information content (AvgIpc) is 3.57. The normalized spacial score (nSPS) is 14.9. The van der Waals surface area contributed by atoms with Crippen molar-refractivity contribution in [1.82, 2.24) is 14.3 Å². The minimum atomic E-state index is -0.714. The van der Waals surface area contributed by atoms with Crippen LogP contribution in [0.3, 0.4) is 0 Å². The maximum Gasteiger partial charge on any atom is 0.338 e. The molecule has 1 atom stereocenters. The van der Waals surface area contributed by atoms with Crippen LogP contribution in [0.5, 0.6) is 5.75 Å². The van der Waals surface area contributed by atoms with Crippen LogP contribution in [0.1, 0.15) is 43.5 Å². The van der Waals surface area contributed by atoms with E-state index in [2.05, 4.69) is 0 Å². The molecule has 222 valence electrons. The van der Waals surface area contributed by atoms with Crippen LogP contribution in [0.2, 0.25) is 0 Å². The largest absolute Gasteiger partial charge is 0.497 e. The zero-order chi connectivity index (χ0) is 31.0. The quantitative estimate of drug-likeness (QED) is 0.234. The van der Waals surface area contributed by atoms with Crippen LogP contribution in [0.4, 0.5) is 0 Å². The summed E-state index contributed by atoms with van der Waals surface area (Å²) in [5.74, 6) is 0.175. The van der Waals surface area contributed by atoms with Gasteiger partial charge in [0.1, 0.15) is 5.75 Å². The fraction of sp³-hybridized carbons (Fsp3) is 0.200. The molecule has 6 rings (SSSR count). The number of nitrogens with zero attached hydrogens (tertiary/aromatic N) is 4. The van der Waals surface area contributed by atoms with Gasteiger partial charge >= 0.3 is 5.97 Å². The molecule has 44 heavy (non-hydrogen) atoms.